The van der Waals surface area contributed by atoms with Gasteiger partial charge in [0, 0.05) is 30.7 Å². The van der Waals surface area contributed by atoms with Crippen molar-refractivity contribution in [3.05, 3.63) is 29.8 Å². The lowest BCUT2D eigenvalue weighted by atomic mass is 9.92. The van der Waals surface area contributed by atoms with E-state index in [0.29, 0.717) is 12.5 Å². The van der Waals surface area contributed by atoms with Gasteiger partial charge in [-0.25, -0.2) is 0 Å². The van der Waals surface area contributed by atoms with Gasteiger partial charge in [0.25, 0.3) is 0 Å². The summed E-state index contributed by atoms with van der Waals surface area (Å²) in [6.07, 6.45) is 2.51. The second-order valence-electron chi connectivity index (χ2n) is 4.40. The van der Waals surface area contributed by atoms with Crippen molar-refractivity contribution in [2.24, 2.45) is 5.73 Å². The van der Waals surface area contributed by atoms with Crippen LogP contribution in [-0.4, -0.2) is 18.9 Å². The first-order chi connectivity index (χ1) is 7.74. The molecule has 1 heterocycles. The molecule has 86 valence electrons. The van der Waals surface area contributed by atoms with Crippen molar-refractivity contribution in [3.63, 3.8) is 0 Å². The molecule has 0 saturated carbocycles. The van der Waals surface area contributed by atoms with Crippen molar-refractivity contribution in [1.29, 1.82) is 0 Å². The molecule has 0 fully saturated rings. The molecule has 0 aromatic heterocycles. The van der Waals surface area contributed by atoms with Gasteiger partial charge in [0.05, 0.1) is 0 Å². The molecule has 3 heteroatoms. The van der Waals surface area contributed by atoms with Crippen molar-refractivity contribution in [2.75, 3.05) is 11.4 Å². The molecule has 2 atom stereocenters. The minimum Gasteiger partial charge on any atom is -0.368 e. The summed E-state index contributed by atoms with van der Waals surface area (Å²) in [5.41, 5.74) is 8.52. The zero-order valence-electron chi connectivity index (χ0n) is 9.60. The van der Waals surface area contributed by atoms with Crippen LogP contribution in [0.4, 0.5) is 5.69 Å². The van der Waals surface area contributed by atoms with E-state index in [1.807, 2.05) is 12.1 Å². The summed E-state index contributed by atoms with van der Waals surface area (Å²) in [6, 6.07) is 8.75. The molecule has 0 saturated heterocycles. The molecule has 0 aliphatic carbocycles. The molecule has 3 nitrogen and oxygen atoms in total. The number of nitrogens with zero attached hydrogens (tertiary/aromatic N) is 1. The van der Waals surface area contributed by atoms with Crippen LogP contribution >= 0.6 is 0 Å². The molecule has 1 aliphatic rings. The van der Waals surface area contributed by atoms with E-state index in [4.69, 9.17) is 5.73 Å². The minimum absolute atomic E-state index is 0.124. The van der Waals surface area contributed by atoms with Crippen LogP contribution in [0.1, 0.15) is 31.4 Å². The molecule has 16 heavy (non-hydrogen) atoms. The minimum atomic E-state index is 0.124. The van der Waals surface area contributed by atoms with Crippen LogP contribution in [0.25, 0.3) is 0 Å². The largest absolute Gasteiger partial charge is 0.368 e. The van der Waals surface area contributed by atoms with Gasteiger partial charge in [0.2, 0.25) is 0 Å². The highest BCUT2D eigenvalue weighted by atomic mass is 16.1. The first kappa shape index (κ1) is 11.1. The Balaban J connectivity index is 2.31. The molecule has 1 aromatic carbocycles. The van der Waals surface area contributed by atoms with E-state index in [-0.39, 0.29) is 6.04 Å². The van der Waals surface area contributed by atoms with Gasteiger partial charge in [-0.15, -0.1) is 0 Å². The second kappa shape index (κ2) is 4.66. The van der Waals surface area contributed by atoms with Crippen molar-refractivity contribution < 1.29 is 4.79 Å². The summed E-state index contributed by atoms with van der Waals surface area (Å²) >= 11 is 0. The van der Waals surface area contributed by atoms with Crippen molar-refractivity contribution in [2.45, 2.75) is 31.8 Å². The van der Waals surface area contributed by atoms with Crippen LogP contribution in [0.3, 0.4) is 0 Å². The SMILES string of the molecule is CC1CC(N)c2ccccc2N1CCC=O. The fraction of sp³-hybridized carbons (Fsp3) is 0.462. The van der Waals surface area contributed by atoms with E-state index in [1.165, 1.54) is 11.3 Å². The third-order valence-electron chi connectivity index (χ3n) is 3.26. The number of carbonyl (C=O) groups excluding carboxylic acids is 1. The zero-order chi connectivity index (χ0) is 11.5. The van der Waals surface area contributed by atoms with Crippen LogP contribution in [-0.2, 0) is 4.79 Å². The Bertz CT molecular complexity index is 378. The number of hydrogen-bond acceptors (Lipinski definition) is 3. The topological polar surface area (TPSA) is 46.3 Å². The molecule has 1 aromatic rings. The maximum atomic E-state index is 10.5. The number of fused-ring (bicyclic) bond motifs is 1. The maximum Gasteiger partial charge on any atom is 0.121 e. The van der Waals surface area contributed by atoms with E-state index >= 15 is 0 Å². The zero-order valence-corrected chi connectivity index (χ0v) is 9.60. The van der Waals surface area contributed by atoms with Gasteiger partial charge >= 0.3 is 0 Å². The quantitative estimate of drug-likeness (QED) is 0.788. The third-order valence-corrected chi connectivity index (χ3v) is 3.26. The average Bonchev–Trinajstić information content (AvgIpc) is 2.29. The number of nitrogens with two attached hydrogens (primary N) is 1. The molecular weight excluding hydrogens is 200 g/mol. The predicted octanol–water partition coefficient (Wildman–Crippen LogP) is 1.87. The van der Waals surface area contributed by atoms with E-state index in [1.54, 1.807) is 0 Å². The van der Waals surface area contributed by atoms with Crippen LogP contribution in [0.2, 0.25) is 0 Å². The first-order valence-electron chi connectivity index (χ1n) is 5.79. The molecule has 2 N–H and O–H groups in total. The fourth-order valence-electron chi connectivity index (χ4n) is 2.45. The van der Waals surface area contributed by atoms with Gasteiger partial charge in [0.1, 0.15) is 6.29 Å². The van der Waals surface area contributed by atoms with Gasteiger partial charge in [-0.2, -0.15) is 0 Å². The Morgan fingerprint density at radius 1 is 1.50 bits per heavy atom. The fourth-order valence-corrected chi connectivity index (χ4v) is 2.45. The Morgan fingerprint density at radius 3 is 3.00 bits per heavy atom. The highest BCUT2D eigenvalue weighted by Crippen LogP contribution is 2.35. The van der Waals surface area contributed by atoms with E-state index in [2.05, 4.69) is 24.0 Å². The van der Waals surface area contributed by atoms with E-state index in [9.17, 15) is 4.79 Å². The summed E-state index contributed by atoms with van der Waals surface area (Å²) in [5.74, 6) is 0. The van der Waals surface area contributed by atoms with Crippen LogP contribution in [0, 0.1) is 0 Å². The Kier molecular flexibility index (Phi) is 3.25. The molecule has 2 unspecified atom stereocenters. The maximum absolute atomic E-state index is 10.5. The number of benzene rings is 1. The average molecular weight is 218 g/mol. The summed E-state index contributed by atoms with van der Waals surface area (Å²) in [4.78, 5) is 12.8. The van der Waals surface area contributed by atoms with Gasteiger partial charge in [-0.05, 0) is 25.0 Å². The van der Waals surface area contributed by atoms with Crippen molar-refractivity contribution in [1.82, 2.24) is 0 Å². The Morgan fingerprint density at radius 2 is 2.25 bits per heavy atom. The monoisotopic (exact) mass is 218 g/mol. The van der Waals surface area contributed by atoms with Crippen molar-refractivity contribution in [3.8, 4) is 0 Å². The summed E-state index contributed by atoms with van der Waals surface area (Å²) in [5, 5.41) is 0. The lowest BCUT2D eigenvalue weighted by molar-refractivity contribution is -0.107. The summed E-state index contributed by atoms with van der Waals surface area (Å²) in [6.45, 7) is 2.95. The molecule has 1 aliphatic heterocycles. The molecule has 0 spiro atoms. The molecule has 0 radical (unpaired) electrons. The van der Waals surface area contributed by atoms with Crippen LogP contribution < -0.4 is 10.6 Å². The Hall–Kier alpha value is -1.35. The molecule has 0 bridgehead atoms. The van der Waals surface area contributed by atoms with E-state index in [0.717, 1.165) is 19.3 Å². The number of anilines is 1. The number of carbonyl (C=O) groups is 1. The Labute approximate surface area is 96.2 Å². The van der Waals surface area contributed by atoms with Gasteiger partial charge in [-0.1, -0.05) is 18.2 Å². The van der Waals surface area contributed by atoms with E-state index < -0.39 is 0 Å². The summed E-state index contributed by atoms with van der Waals surface area (Å²) < 4.78 is 0. The third kappa shape index (κ3) is 1.95. The molecule has 0 amide bonds. The molecule has 2 rings (SSSR count). The number of hydrogen-bond donors (Lipinski definition) is 1. The van der Waals surface area contributed by atoms with Gasteiger partial charge in [0.15, 0.2) is 0 Å². The molecular formula is C13H18N2O. The predicted molar refractivity (Wildman–Crippen MR) is 65.5 cm³/mol. The highest BCUT2D eigenvalue weighted by Gasteiger charge is 2.26. The lowest BCUT2D eigenvalue weighted by Gasteiger charge is -2.39. The second-order valence-corrected chi connectivity index (χ2v) is 4.40. The first-order valence-corrected chi connectivity index (χ1v) is 5.79. The standard InChI is InChI=1S/C13H18N2O/c1-10-9-12(14)11-5-2-3-6-13(11)15(10)7-4-8-16/h2-3,5-6,8,10,12H,4,7,9,14H2,1H3. The van der Waals surface area contributed by atoms with Gasteiger partial charge < -0.3 is 15.4 Å². The number of para-hydroxylation sites is 1. The summed E-state index contributed by atoms with van der Waals surface area (Å²) in [7, 11) is 0. The lowest BCUT2D eigenvalue weighted by Crippen LogP contribution is -2.41. The smallest absolute Gasteiger partial charge is 0.121 e. The number of rotatable bonds is 3. The van der Waals surface area contributed by atoms with Crippen molar-refractivity contribution >= 4 is 12.0 Å². The number of aldehydes is 1. The van der Waals surface area contributed by atoms with Crippen LogP contribution in [0.15, 0.2) is 24.3 Å². The van der Waals surface area contributed by atoms with Gasteiger partial charge in [-0.3, -0.25) is 0 Å². The highest BCUT2D eigenvalue weighted by molar-refractivity contribution is 5.59. The van der Waals surface area contributed by atoms with Crippen LogP contribution in [0.5, 0.6) is 0 Å². The normalized spacial score (nSPS) is 24.0.